The number of fused-ring (bicyclic) bond motifs is 5. The molecule has 3 heterocycles. The minimum absolute atomic E-state index is 0.136. The number of guanidine groups is 1. The Morgan fingerprint density at radius 1 is 1.06 bits per heavy atom. The van der Waals surface area contributed by atoms with Crippen LogP contribution in [-0.4, -0.2) is 45.7 Å². The Morgan fingerprint density at radius 3 is 2.51 bits per heavy atom. The third-order valence-corrected chi connectivity index (χ3v) is 6.90. The van der Waals surface area contributed by atoms with Gasteiger partial charge >= 0.3 is 6.18 Å². The van der Waals surface area contributed by atoms with E-state index in [1.54, 1.807) is 16.6 Å². The van der Waals surface area contributed by atoms with Crippen LogP contribution in [0.25, 0.3) is 0 Å². The quantitative estimate of drug-likeness (QED) is 0.578. The number of nitrogens with zero attached hydrogens (tertiary/aromatic N) is 5. The summed E-state index contributed by atoms with van der Waals surface area (Å²) < 4.78 is 40.8. The number of hydrogen-bond donors (Lipinski definition) is 1. The topological polar surface area (TPSA) is 65.8 Å². The largest absolute Gasteiger partial charge is 0.416 e. The average molecular weight is 480 g/mol. The molecule has 3 aliphatic rings. The second-order valence-corrected chi connectivity index (χ2v) is 9.12. The second-order valence-electron chi connectivity index (χ2n) is 9.12. The molecule has 1 fully saturated rings. The molecule has 2 aromatic carbocycles. The zero-order valence-corrected chi connectivity index (χ0v) is 19.0. The predicted octanol–water partition coefficient (Wildman–Crippen LogP) is 4.88. The molecule has 0 saturated heterocycles. The van der Waals surface area contributed by atoms with E-state index in [0.29, 0.717) is 28.7 Å². The van der Waals surface area contributed by atoms with E-state index in [4.69, 9.17) is 10.1 Å². The fourth-order valence-corrected chi connectivity index (χ4v) is 5.18. The smallest absolute Gasteiger partial charge is 0.340 e. The van der Waals surface area contributed by atoms with E-state index in [9.17, 15) is 18.0 Å². The van der Waals surface area contributed by atoms with Gasteiger partial charge in [0.05, 0.1) is 24.2 Å². The molecule has 0 spiro atoms. The van der Waals surface area contributed by atoms with Crippen LogP contribution in [0.4, 0.5) is 30.5 Å². The molecule has 2 unspecified atom stereocenters. The first-order valence-electron chi connectivity index (χ1n) is 11.6. The first-order valence-corrected chi connectivity index (χ1v) is 11.6. The van der Waals surface area contributed by atoms with E-state index in [1.807, 2.05) is 30.3 Å². The number of carbonyl (C=O) groups excluding carboxylic acids is 1. The monoisotopic (exact) mass is 480 g/mol. The maximum atomic E-state index is 13.5. The van der Waals surface area contributed by atoms with Crippen molar-refractivity contribution in [3.8, 4) is 0 Å². The zero-order chi connectivity index (χ0) is 24.3. The van der Waals surface area contributed by atoms with Crippen molar-refractivity contribution in [3.05, 3.63) is 71.3 Å². The van der Waals surface area contributed by atoms with Crippen molar-refractivity contribution in [3.63, 3.8) is 0 Å². The summed E-state index contributed by atoms with van der Waals surface area (Å²) in [5, 5.41) is 8.16. The molecule has 6 rings (SSSR count). The Labute approximate surface area is 199 Å². The highest BCUT2D eigenvalue weighted by molar-refractivity contribution is 6.21. The maximum absolute atomic E-state index is 13.5. The van der Waals surface area contributed by atoms with Crippen LogP contribution in [0.5, 0.6) is 0 Å². The molecule has 0 bridgehead atoms. The van der Waals surface area contributed by atoms with Crippen LogP contribution in [0.1, 0.15) is 40.7 Å². The lowest BCUT2D eigenvalue weighted by Gasteiger charge is -2.34. The van der Waals surface area contributed by atoms with Gasteiger partial charge < -0.3 is 5.32 Å². The number of nitrogens with one attached hydrogen (secondary N) is 1. The van der Waals surface area contributed by atoms with Gasteiger partial charge in [0.2, 0.25) is 5.96 Å². The fourth-order valence-electron chi connectivity index (χ4n) is 5.18. The van der Waals surface area contributed by atoms with Crippen LogP contribution in [0.2, 0.25) is 0 Å². The summed E-state index contributed by atoms with van der Waals surface area (Å²) in [6.45, 7) is 0.200. The second kappa shape index (κ2) is 7.86. The molecule has 2 aliphatic heterocycles. The molecule has 1 aromatic heterocycles. The molecule has 1 aliphatic carbocycles. The van der Waals surface area contributed by atoms with Gasteiger partial charge in [0.25, 0.3) is 5.91 Å². The molecule has 3 aromatic rings. The van der Waals surface area contributed by atoms with Gasteiger partial charge in [-0.15, -0.1) is 0 Å². The number of alkyl halides is 3. The SMILES string of the molecule is CN1C(=O)c2c(nn(Cc3ccc(C(F)(F)F)cc3)c2Nc2ccccc2)N2C1=NC1CCCC12. The van der Waals surface area contributed by atoms with E-state index in [2.05, 4.69) is 10.2 Å². The number of halogens is 3. The molecule has 7 nitrogen and oxygen atoms in total. The molecular formula is C25H23F3N6O. The van der Waals surface area contributed by atoms with Crippen LogP contribution < -0.4 is 10.2 Å². The summed E-state index contributed by atoms with van der Waals surface area (Å²) in [6.07, 6.45) is -1.39. The minimum Gasteiger partial charge on any atom is -0.340 e. The Hall–Kier alpha value is -3.82. The van der Waals surface area contributed by atoms with Crippen molar-refractivity contribution in [1.29, 1.82) is 0 Å². The van der Waals surface area contributed by atoms with Crippen molar-refractivity contribution in [2.24, 2.45) is 4.99 Å². The normalized spacial score (nSPS) is 21.0. The lowest BCUT2D eigenvalue weighted by Crippen LogP contribution is -2.51. The third kappa shape index (κ3) is 3.55. The van der Waals surface area contributed by atoms with Crippen LogP contribution in [0, 0.1) is 0 Å². The van der Waals surface area contributed by atoms with Crippen LogP contribution in [0.3, 0.4) is 0 Å². The van der Waals surface area contributed by atoms with Crippen molar-refractivity contribution < 1.29 is 18.0 Å². The molecule has 0 radical (unpaired) electrons. The van der Waals surface area contributed by atoms with Crippen molar-refractivity contribution in [2.75, 3.05) is 17.3 Å². The Kier molecular flexibility index (Phi) is 4.87. The van der Waals surface area contributed by atoms with Gasteiger partial charge in [-0.1, -0.05) is 30.3 Å². The standard InChI is InChI=1S/C25H23F3N6O/c1-32-23(35)20-21(29-17-6-3-2-4-7-17)33(14-15-10-12-16(13-11-15)25(26,27)28)31-22(20)34-19-9-5-8-18(19)30-24(32)34/h2-4,6-7,10-13,18-19,29H,5,8-9,14H2,1H3. The summed E-state index contributed by atoms with van der Waals surface area (Å²) in [4.78, 5) is 22.0. The lowest BCUT2D eigenvalue weighted by atomic mass is 10.1. The number of aliphatic imine (C=N–C) groups is 1. The van der Waals surface area contributed by atoms with Crippen LogP contribution >= 0.6 is 0 Å². The molecule has 35 heavy (non-hydrogen) atoms. The maximum Gasteiger partial charge on any atom is 0.416 e. The van der Waals surface area contributed by atoms with Gasteiger partial charge in [0, 0.05) is 12.7 Å². The first kappa shape index (κ1) is 21.7. The third-order valence-electron chi connectivity index (χ3n) is 6.90. The van der Waals surface area contributed by atoms with Gasteiger partial charge in [0.15, 0.2) is 5.82 Å². The molecular weight excluding hydrogens is 457 g/mol. The Morgan fingerprint density at radius 2 is 1.80 bits per heavy atom. The van der Waals surface area contributed by atoms with Gasteiger partial charge in [-0.2, -0.15) is 18.3 Å². The molecule has 1 saturated carbocycles. The average Bonchev–Trinajstić information content (AvgIpc) is 3.52. The predicted molar refractivity (Wildman–Crippen MR) is 126 cm³/mol. The molecule has 1 amide bonds. The van der Waals surface area contributed by atoms with Crippen molar-refractivity contribution >= 4 is 29.2 Å². The van der Waals surface area contributed by atoms with Crippen LogP contribution in [0.15, 0.2) is 59.6 Å². The summed E-state index contributed by atoms with van der Waals surface area (Å²) >= 11 is 0. The van der Waals surface area contributed by atoms with E-state index in [1.165, 1.54) is 12.1 Å². The van der Waals surface area contributed by atoms with Gasteiger partial charge in [-0.05, 0) is 49.1 Å². The first-order chi connectivity index (χ1) is 16.8. The summed E-state index contributed by atoms with van der Waals surface area (Å²) in [5.74, 6) is 1.45. The summed E-state index contributed by atoms with van der Waals surface area (Å²) in [5.41, 5.74) is 1.16. The zero-order valence-electron chi connectivity index (χ0n) is 19.0. The minimum atomic E-state index is -4.40. The number of hydrogen-bond acceptors (Lipinski definition) is 5. The van der Waals surface area contributed by atoms with E-state index < -0.39 is 11.7 Å². The molecule has 2 atom stereocenters. The summed E-state index contributed by atoms with van der Waals surface area (Å²) in [6, 6.07) is 14.7. The van der Waals surface area contributed by atoms with E-state index in [0.717, 1.165) is 37.1 Å². The van der Waals surface area contributed by atoms with Crippen molar-refractivity contribution in [1.82, 2.24) is 14.7 Å². The summed E-state index contributed by atoms with van der Waals surface area (Å²) in [7, 11) is 1.72. The lowest BCUT2D eigenvalue weighted by molar-refractivity contribution is -0.137. The Balaban J connectivity index is 1.45. The van der Waals surface area contributed by atoms with Gasteiger partial charge in [0.1, 0.15) is 11.4 Å². The van der Waals surface area contributed by atoms with Gasteiger partial charge in [-0.3, -0.25) is 14.6 Å². The number of benzene rings is 2. The van der Waals surface area contributed by atoms with E-state index in [-0.39, 0.29) is 24.5 Å². The molecule has 10 heteroatoms. The van der Waals surface area contributed by atoms with Crippen molar-refractivity contribution in [2.45, 2.75) is 44.1 Å². The Bertz CT molecular complexity index is 1320. The highest BCUT2D eigenvalue weighted by Gasteiger charge is 2.49. The number of anilines is 3. The van der Waals surface area contributed by atoms with Crippen LogP contribution in [-0.2, 0) is 12.7 Å². The number of amides is 1. The highest BCUT2D eigenvalue weighted by atomic mass is 19.4. The molecule has 1 N–H and O–H groups in total. The highest BCUT2D eigenvalue weighted by Crippen LogP contribution is 2.43. The van der Waals surface area contributed by atoms with Gasteiger partial charge in [-0.25, -0.2) is 9.67 Å². The van der Waals surface area contributed by atoms with E-state index >= 15 is 0 Å². The number of aromatic nitrogens is 2. The number of carbonyl (C=O) groups is 1. The fraction of sp³-hybridized carbons (Fsp3) is 0.320. The number of rotatable bonds is 4. The molecule has 180 valence electrons. The number of para-hydroxylation sites is 1.